The number of amides is 1. The SMILES string of the molecule is CC1CCCC([C@@H](C)N2CCOCC2)C2CCC2CN2CC3(CCCc4cc(Cl)ccc43)COc3ccc(cc32)C(=O)NS(=O)C1C. The Kier molecular flexibility index (Phi) is 9.94. The van der Waals surface area contributed by atoms with Crippen LogP contribution in [0.2, 0.25) is 5.02 Å². The van der Waals surface area contributed by atoms with Gasteiger partial charge in [0.15, 0.2) is 0 Å². The molecule has 256 valence electrons. The normalized spacial score (nSPS) is 34.2. The molecule has 1 N–H and O–H groups in total. The number of nitrogens with zero attached hydrogens (tertiary/aromatic N) is 2. The van der Waals surface area contributed by atoms with Gasteiger partial charge in [-0.25, -0.2) is 4.21 Å². The maximum absolute atomic E-state index is 13.5. The van der Waals surface area contributed by atoms with Crippen molar-refractivity contribution in [3.63, 3.8) is 0 Å². The Morgan fingerprint density at radius 2 is 1.87 bits per heavy atom. The number of benzene rings is 2. The number of nitrogens with one attached hydrogen (secondary N) is 1. The van der Waals surface area contributed by atoms with Gasteiger partial charge >= 0.3 is 0 Å². The highest BCUT2D eigenvalue weighted by molar-refractivity contribution is 7.84. The molecule has 7 unspecified atom stereocenters. The van der Waals surface area contributed by atoms with Crippen molar-refractivity contribution in [2.75, 3.05) is 50.9 Å². The molecule has 1 saturated carbocycles. The van der Waals surface area contributed by atoms with Crippen LogP contribution in [0.4, 0.5) is 5.69 Å². The van der Waals surface area contributed by atoms with Gasteiger partial charge in [0, 0.05) is 48.2 Å². The molecule has 0 aromatic heterocycles. The van der Waals surface area contributed by atoms with Crippen LogP contribution in [0.1, 0.15) is 87.2 Å². The summed E-state index contributed by atoms with van der Waals surface area (Å²) < 4.78 is 28.7. The smallest absolute Gasteiger partial charge is 0.263 e. The van der Waals surface area contributed by atoms with Crippen LogP contribution in [-0.2, 0) is 27.6 Å². The first-order chi connectivity index (χ1) is 22.7. The molecule has 7 nitrogen and oxygen atoms in total. The van der Waals surface area contributed by atoms with Gasteiger partial charge in [0.25, 0.3) is 5.91 Å². The maximum Gasteiger partial charge on any atom is 0.263 e. The topological polar surface area (TPSA) is 71.1 Å². The molecule has 1 amide bonds. The lowest BCUT2D eigenvalue weighted by molar-refractivity contribution is -0.0220. The van der Waals surface area contributed by atoms with Crippen molar-refractivity contribution in [3.05, 3.63) is 58.1 Å². The lowest BCUT2D eigenvalue weighted by Gasteiger charge is -2.50. The van der Waals surface area contributed by atoms with Crippen LogP contribution in [0.5, 0.6) is 5.75 Å². The summed E-state index contributed by atoms with van der Waals surface area (Å²) in [5, 5.41) is 0.664. The lowest BCUT2D eigenvalue weighted by Crippen LogP contribution is -2.52. The van der Waals surface area contributed by atoms with Crippen LogP contribution in [-0.4, -0.2) is 72.3 Å². The second kappa shape index (κ2) is 14.0. The predicted octanol–water partition coefficient (Wildman–Crippen LogP) is 6.78. The van der Waals surface area contributed by atoms with E-state index in [1.807, 2.05) is 31.2 Å². The number of hydrogen-bond acceptors (Lipinski definition) is 6. The third kappa shape index (κ3) is 6.73. The highest BCUT2D eigenvalue weighted by Crippen LogP contribution is 2.49. The van der Waals surface area contributed by atoms with Gasteiger partial charge in [0.2, 0.25) is 0 Å². The Bertz CT molecular complexity index is 1480. The number of aryl methyl sites for hydroxylation is 1. The molecule has 2 aliphatic carbocycles. The lowest BCUT2D eigenvalue weighted by atomic mass is 9.63. The molecule has 8 atom stereocenters. The van der Waals surface area contributed by atoms with Gasteiger partial charge in [0.1, 0.15) is 16.7 Å². The van der Waals surface area contributed by atoms with Gasteiger partial charge in [-0.3, -0.25) is 14.4 Å². The summed E-state index contributed by atoms with van der Waals surface area (Å²) >= 11 is 6.49. The van der Waals surface area contributed by atoms with E-state index >= 15 is 0 Å². The largest absolute Gasteiger partial charge is 0.490 e. The Balaban J connectivity index is 1.27. The monoisotopic (exact) mass is 681 g/mol. The molecule has 5 aliphatic rings. The number of ether oxygens (including phenoxy) is 2. The molecule has 3 aliphatic heterocycles. The number of carbonyl (C=O) groups excluding carboxylic acids is 1. The minimum atomic E-state index is -1.47. The van der Waals surface area contributed by atoms with E-state index in [9.17, 15) is 9.00 Å². The van der Waals surface area contributed by atoms with E-state index < -0.39 is 11.0 Å². The average molecular weight is 682 g/mol. The Morgan fingerprint density at radius 3 is 2.66 bits per heavy atom. The minimum Gasteiger partial charge on any atom is -0.490 e. The summed E-state index contributed by atoms with van der Waals surface area (Å²) in [4.78, 5) is 18.8. The number of anilines is 1. The fourth-order valence-corrected chi connectivity index (χ4v) is 10.6. The molecule has 9 heteroatoms. The third-order valence-corrected chi connectivity index (χ3v) is 14.3. The summed E-state index contributed by atoms with van der Waals surface area (Å²) in [6.07, 6.45) is 9.00. The van der Waals surface area contributed by atoms with Gasteiger partial charge < -0.3 is 14.4 Å². The molecule has 2 aromatic rings. The van der Waals surface area contributed by atoms with Crippen molar-refractivity contribution in [3.8, 4) is 5.75 Å². The fraction of sp³-hybridized carbons (Fsp3) is 0.658. The molecule has 1 saturated heterocycles. The Morgan fingerprint density at radius 1 is 1.04 bits per heavy atom. The number of rotatable bonds is 2. The Labute approximate surface area is 288 Å². The van der Waals surface area contributed by atoms with Crippen molar-refractivity contribution < 1.29 is 18.5 Å². The highest BCUT2D eigenvalue weighted by Gasteiger charge is 2.45. The van der Waals surface area contributed by atoms with E-state index in [0.717, 1.165) is 88.0 Å². The van der Waals surface area contributed by atoms with Crippen LogP contribution in [0, 0.1) is 23.7 Å². The molecule has 2 fully saturated rings. The zero-order valence-corrected chi connectivity index (χ0v) is 29.9. The van der Waals surface area contributed by atoms with Crippen molar-refractivity contribution in [2.45, 2.75) is 88.8 Å². The molecule has 2 aromatic carbocycles. The molecule has 2 bridgehead atoms. The summed E-state index contributed by atoms with van der Waals surface area (Å²) in [7, 11) is -1.47. The van der Waals surface area contributed by atoms with E-state index in [0.29, 0.717) is 36.0 Å². The van der Waals surface area contributed by atoms with Crippen LogP contribution < -0.4 is 14.4 Å². The second-order valence-corrected chi connectivity index (χ2v) is 17.2. The first kappa shape index (κ1) is 33.4. The highest BCUT2D eigenvalue weighted by atomic mass is 35.5. The second-order valence-electron chi connectivity index (χ2n) is 15.2. The van der Waals surface area contributed by atoms with Gasteiger partial charge in [-0.2, -0.15) is 0 Å². The summed E-state index contributed by atoms with van der Waals surface area (Å²) in [6, 6.07) is 12.7. The van der Waals surface area contributed by atoms with Gasteiger partial charge in [-0.15, -0.1) is 0 Å². The van der Waals surface area contributed by atoms with Crippen molar-refractivity contribution in [1.29, 1.82) is 0 Å². The standard InChI is InChI=1S/C38H52ClN3O4S/c1-25-6-4-8-32(26(2)41-16-18-45-19-17-41)33-12-9-30(33)22-42-23-38(15-5-7-28-20-31(39)11-13-34(28)38)24-46-36-14-10-29(21-35(36)42)37(43)40-47(44)27(25)3/h10-11,13-14,20-21,25-27,30,32-33H,4-9,12,15-19,22-24H2,1-3H3,(H,40,43)/t25?,26-,27?,30?,32?,33?,38?,47?/m1/s1. The average Bonchev–Trinajstić information content (AvgIpc) is 3.22. The number of carbonyl (C=O) groups is 1. The van der Waals surface area contributed by atoms with Gasteiger partial charge in [0.05, 0.1) is 30.8 Å². The van der Waals surface area contributed by atoms with Gasteiger partial charge in [-0.05, 0) is 124 Å². The quantitative estimate of drug-likeness (QED) is 0.377. The molecule has 47 heavy (non-hydrogen) atoms. The first-order valence-corrected chi connectivity index (χ1v) is 19.7. The first-order valence-electron chi connectivity index (χ1n) is 18.1. The number of halogens is 1. The number of morpholine rings is 1. The van der Waals surface area contributed by atoms with Crippen LogP contribution in [0.3, 0.4) is 0 Å². The number of hydrogen-bond donors (Lipinski definition) is 1. The number of fused-ring (bicyclic) bond motifs is 4. The zero-order chi connectivity index (χ0) is 32.7. The van der Waals surface area contributed by atoms with Crippen LogP contribution in [0.25, 0.3) is 0 Å². The van der Waals surface area contributed by atoms with Crippen molar-refractivity contribution in [2.24, 2.45) is 23.7 Å². The maximum atomic E-state index is 13.5. The minimum absolute atomic E-state index is 0.126. The van der Waals surface area contributed by atoms with Crippen LogP contribution in [0.15, 0.2) is 36.4 Å². The van der Waals surface area contributed by atoms with Gasteiger partial charge in [-0.1, -0.05) is 31.0 Å². The molecule has 0 radical (unpaired) electrons. The summed E-state index contributed by atoms with van der Waals surface area (Å²) in [6.45, 7) is 12.7. The van der Waals surface area contributed by atoms with E-state index in [4.69, 9.17) is 21.1 Å². The Hall–Kier alpha value is -2.13. The molecular formula is C38H52ClN3O4S. The molecule has 3 heterocycles. The fourth-order valence-electron chi connectivity index (χ4n) is 9.36. The third-order valence-electron chi connectivity index (χ3n) is 12.6. The van der Waals surface area contributed by atoms with E-state index in [1.165, 1.54) is 30.4 Å². The van der Waals surface area contributed by atoms with Crippen molar-refractivity contribution >= 4 is 34.2 Å². The zero-order valence-electron chi connectivity index (χ0n) is 28.3. The molecular weight excluding hydrogens is 630 g/mol. The summed E-state index contributed by atoms with van der Waals surface area (Å²) in [5.41, 5.74) is 4.05. The van der Waals surface area contributed by atoms with Crippen LogP contribution >= 0.6 is 11.6 Å². The molecule has 1 spiro atoms. The van der Waals surface area contributed by atoms with E-state index in [-0.39, 0.29) is 22.5 Å². The van der Waals surface area contributed by atoms with E-state index in [1.54, 1.807) is 0 Å². The predicted molar refractivity (Wildman–Crippen MR) is 190 cm³/mol. The van der Waals surface area contributed by atoms with Crippen molar-refractivity contribution in [1.82, 2.24) is 9.62 Å². The summed E-state index contributed by atoms with van der Waals surface area (Å²) in [5.74, 6) is 2.63. The van der Waals surface area contributed by atoms with E-state index in [2.05, 4.69) is 40.5 Å². The molecule has 7 rings (SSSR count).